The van der Waals surface area contributed by atoms with Crippen LogP contribution in [0.5, 0.6) is 0 Å². The van der Waals surface area contributed by atoms with Gasteiger partial charge in [-0.15, -0.1) is 0 Å². The van der Waals surface area contributed by atoms with Gasteiger partial charge >= 0.3 is 0 Å². The van der Waals surface area contributed by atoms with E-state index in [4.69, 9.17) is 0 Å². The highest BCUT2D eigenvalue weighted by molar-refractivity contribution is 7.92. The van der Waals surface area contributed by atoms with Gasteiger partial charge in [0.2, 0.25) is 5.91 Å². The Balaban J connectivity index is 1.51. The van der Waals surface area contributed by atoms with Crippen molar-refractivity contribution in [1.29, 1.82) is 0 Å². The molecule has 0 saturated heterocycles. The molecule has 0 unspecified atom stereocenters. The Morgan fingerprint density at radius 1 is 0.875 bits per heavy atom. The number of thiazole rings is 1. The van der Waals surface area contributed by atoms with Gasteiger partial charge in [0.05, 0.1) is 20.8 Å². The zero-order chi connectivity index (χ0) is 22.7. The summed E-state index contributed by atoms with van der Waals surface area (Å²) < 4.78 is 28.7. The van der Waals surface area contributed by atoms with Gasteiger partial charge in [0.25, 0.3) is 15.9 Å². The molecule has 3 aromatic carbocycles. The van der Waals surface area contributed by atoms with Gasteiger partial charge in [-0.1, -0.05) is 29.5 Å². The van der Waals surface area contributed by atoms with Gasteiger partial charge in [0, 0.05) is 18.2 Å². The van der Waals surface area contributed by atoms with E-state index >= 15 is 0 Å². The van der Waals surface area contributed by atoms with E-state index in [0.717, 1.165) is 4.70 Å². The average Bonchev–Trinajstić information content (AvgIpc) is 3.15. The van der Waals surface area contributed by atoms with Crippen molar-refractivity contribution in [2.45, 2.75) is 11.8 Å². The number of aromatic nitrogens is 1. The van der Waals surface area contributed by atoms with Gasteiger partial charge < -0.3 is 5.32 Å². The lowest BCUT2D eigenvalue weighted by molar-refractivity contribution is -0.114. The Morgan fingerprint density at radius 2 is 1.56 bits per heavy atom. The summed E-state index contributed by atoms with van der Waals surface area (Å²) in [5, 5.41) is 5.77. The third-order valence-corrected chi connectivity index (χ3v) is 6.71. The van der Waals surface area contributed by atoms with E-state index in [1.165, 1.54) is 42.5 Å². The van der Waals surface area contributed by atoms with E-state index in [-0.39, 0.29) is 16.7 Å². The molecule has 0 radical (unpaired) electrons. The first kappa shape index (κ1) is 21.5. The summed E-state index contributed by atoms with van der Waals surface area (Å²) in [6.45, 7) is 1.38. The maximum atomic E-state index is 12.7. The fourth-order valence-electron chi connectivity index (χ4n) is 2.94. The molecule has 1 aromatic heterocycles. The van der Waals surface area contributed by atoms with Gasteiger partial charge in [0.1, 0.15) is 0 Å². The van der Waals surface area contributed by atoms with Crippen LogP contribution in [0.15, 0.2) is 77.7 Å². The van der Waals surface area contributed by atoms with E-state index in [0.29, 0.717) is 27.6 Å². The number of hydrogen-bond acceptors (Lipinski definition) is 6. The topological polar surface area (TPSA) is 117 Å². The second kappa shape index (κ2) is 8.77. The van der Waals surface area contributed by atoms with E-state index in [2.05, 4.69) is 20.3 Å². The van der Waals surface area contributed by atoms with Gasteiger partial charge in [0.15, 0.2) is 5.13 Å². The number of amides is 2. The summed E-state index contributed by atoms with van der Waals surface area (Å²) in [5.74, 6) is -0.510. The molecule has 4 rings (SSSR count). The monoisotopic (exact) mass is 466 g/mol. The maximum absolute atomic E-state index is 12.7. The van der Waals surface area contributed by atoms with Crippen LogP contribution in [0.1, 0.15) is 17.3 Å². The average molecular weight is 467 g/mol. The first-order valence-electron chi connectivity index (χ1n) is 9.48. The first-order valence-corrected chi connectivity index (χ1v) is 11.8. The summed E-state index contributed by atoms with van der Waals surface area (Å²) in [6.07, 6.45) is 0. The highest BCUT2D eigenvalue weighted by Crippen LogP contribution is 2.29. The molecule has 0 spiro atoms. The normalized spacial score (nSPS) is 11.2. The van der Waals surface area contributed by atoms with Crippen molar-refractivity contribution in [2.75, 3.05) is 15.4 Å². The molecular formula is C22H18N4O4S2. The second-order valence-corrected chi connectivity index (χ2v) is 9.55. The standard InChI is InChI=1S/C22H18N4O4S2/c1-14(27)23-16-7-10-18(11-8-16)32(29,30)26-17-9-12-19-20(13-17)31-22(24-19)25-21(28)15-5-3-2-4-6-15/h2-13,26H,1H3,(H,23,27)(H,24,25,28). The molecule has 162 valence electrons. The van der Waals surface area contributed by atoms with Crippen LogP contribution in [0, 0.1) is 0 Å². The van der Waals surface area contributed by atoms with Crippen LogP contribution in [-0.2, 0) is 14.8 Å². The number of fused-ring (bicyclic) bond motifs is 1. The fraction of sp³-hybridized carbons (Fsp3) is 0.0455. The molecule has 4 aromatic rings. The Kier molecular flexibility index (Phi) is 5.89. The van der Waals surface area contributed by atoms with E-state index in [1.807, 2.05) is 6.07 Å². The zero-order valence-corrected chi connectivity index (χ0v) is 18.5. The molecule has 0 aliphatic carbocycles. The van der Waals surface area contributed by atoms with Crippen LogP contribution >= 0.6 is 11.3 Å². The van der Waals surface area contributed by atoms with Crippen LogP contribution in [0.4, 0.5) is 16.5 Å². The number of carbonyl (C=O) groups excluding carboxylic acids is 2. The van der Waals surface area contributed by atoms with Gasteiger partial charge in [-0.05, 0) is 54.6 Å². The molecule has 0 aliphatic rings. The molecule has 8 nitrogen and oxygen atoms in total. The van der Waals surface area contributed by atoms with E-state index in [1.54, 1.807) is 42.5 Å². The van der Waals surface area contributed by atoms with E-state index < -0.39 is 10.0 Å². The maximum Gasteiger partial charge on any atom is 0.261 e. The van der Waals surface area contributed by atoms with Crippen LogP contribution in [0.2, 0.25) is 0 Å². The molecule has 0 atom stereocenters. The summed E-state index contributed by atoms with van der Waals surface area (Å²) in [6, 6.07) is 19.6. The Hall–Kier alpha value is -3.76. The van der Waals surface area contributed by atoms with Crippen molar-refractivity contribution in [3.63, 3.8) is 0 Å². The van der Waals surface area contributed by atoms with Crippen molar-refractivity contribution in [1.82, 2.24) is 4.98 Å². The van der Waals surface area contributed by atoms with Crippen LogP contribution in [0.3, 0.4) is 0 Å². The molecule has 10 heteroatoms. The number of rotatable bonds is 6. The van der Waals surface area contributed by atoms with Crippen molar-refractivity contribution in [3.05, 3.63) is 78.4 Å². The zero-order valence-electron chi connectivity index (χ0n) is 16.8. The van der Waals surface area contributed by atoms with Crippen LogP contribution < -0.4 is 15.4 Å². The predicted octanol–water partition coefficient (Wildman–Crippen LogP) is 4.31. The minimum atomic E-state index is -3.82. The smallest absolute Gasteiger partial charge is 0.261 e. The summed E-state index contributed by atoms with van der Waals surface area (Å²) in [4.78, 5) is 27.9. The van der Waals surface area contributed by atoms with Crippen LogP contribution in [-0.4, -0.2) is 25.2 Å². The predicted molar refractivity (Wildman–Crippen MR) is 126 cm³/mol. The molecule has 0 fully saturated rings. The van der Waals surface area contributed by atoms with Gasteiger partial charge in [-0.3, -0.25) is 19.6 Å². The summed E-state index contributed by atoms with van der Waals surface area (Å²) >= 11 is 1.25. The molecule has 0 aliphatic heterocycles. The molecule has 1 heterocycles. The number of nitrogens with zero attached hydrogens (tertiary/aromatic N) is 1. The number of carbonyl (C=O) groups is 2. The molecular weight excluding hydrogens is 448 g/mol. The Bertz CT molecular complexity index is 1400. The number of nitrogens with one attached hydrogen (secondary N) is 3. The van der Waals surface area contributed by atoms with E-state index in [9.17, 15) is 18.0 Å². The third kappa shape index (κ3) is 4.93. The molecule has 0 saturated carbocycles. The Morgan fingerprint density at radius 3 is 2.25 bits per heavy atom. The summed E-state index contributed by atoms with van der Waals surface area (Å²) in [7, 11) is -3.82. The quantitative estimate of drug-likeness (QED) is 0.391. The lowest BCUT2D eigenvalue weighted by atomic mass is 10.2. The minimum Gasteiger partial charge on any atom is -0.326 e. The number of sulfonamides is 1. The minimum absolute atomic E-state index is 0.0619. The highest BCUT2D eigenvalue weighted by Gasteiger charge is 2.16. The van der Waals surface area contributed by atoms with Crippen molar-refractivity contribution >= 4 is 59.9 Å². The highest BCUT2D eigenvalue weighted by atomic mass is 32.2. The molecule has 3 N–H and O–H groups in total. The number of benzene rings is 3. The Labute approximate surface area is 188 Å². The number of hydrogen-bond donors (Lipinski definition) is 3. The summed E-state index contributed by atoms with van der Waals surface area (Å²) in [5.41, 5.74) is 2.03. The fourth-order valence-corrected chi connectivity index (χ4v) is 4.88. The van der Waals surface area contributed by atoms with Crippen molar-refractivity contribution in [3.8, 4) is 0 Å². The number of anilines is 3. The van der Waals surface area contributed by atoms with Gasteiger partial charge in [-0.2, -0.15) is 0 Å². The first-order chi connectivity index (χ1) is 15.3. The molecule has 2 amide bonds. The van der Waals surface area contributed by atoms with Gasteiger partial charge in [-0.25, -0.2) is 13.4 Å². The SMILES string of the molecule is CC(=O)Nc1ccc(S(=O)(=O)Nc2ccc3nc(NC(=O)c4ccccc4)sc3c2)cc1. The second-order valence-electron chi connectivity index (χ2n) is 6.83. The lowest BCUT2D eigenvalue weighted by Gasteiger charge is -2.09. The largest absolute Gasteiger partial charge is 0.326 e. The van der Waals surface area contributed by atoms with Crippen molar-refractivity contribution in [2.24, 2.45) is 0 Å². The molecule has 0 bridgehead atoms. The van der Waals surface area contributed by atoms with Crippen molar-refractivity contribution < 1.29 is 18.0 Å². The third-order valence-electron chi connectivity index (χ3n) is 4.38. The van der Waals surface area contributed by atoms with Crippen LogP contribution in [0.25, 0.3) is 10.2 Å². The lowest BCUT2D eigenvalue weighted by Crippen LogP contribution is -2.13. The molecule has 32 heavy (non-hydrogen) atoms.